The number of halogens is 1. The van der Waals surface area contributed by atoms with Crippen molar-refractivity contribution in [3.63, 3.8) is 0 Å². The molecule has 0 aliphatic carbocycles. The van der Waals surface area contributed by atoms with Crippen LogP contribution in [-0.4, -0.2) is 31.8 Å². The Balaban J connectivity index is 1.79. The largest absolute Gasteiger partial charge is 0.337 e. The standard InChI is InChI=1S/C20H23FN2O3S/c1-14(2)19(22-27(25,26)18-9-7-17(21)8-10-18)20(24)23-12-11-15-5-3-4-6-16(15)13-23/h3-10,14,19,22H,11-13H2,1-2H3/t19-/m1/s1. The van der Waals surface area contributed by atoms with E-state index < -0.39 is 21.9 Å². The minimum Gasteiger partial charge on any atom is -0.337 e. The van der Waals surface area contributed by atoms with Crippen molar-refractivity contribution in [3.8, 4) is 0 Å². The van der Waals surface area contributed by atoms with Crippen molar-refractivity contribution < 1.29 is 17.6 Å². The number of carbonyl (C=O) groups excluding carboxylic acids is 1. The molecular formula is C20H23FN2O3S. The van der Waals surface area contributed by atoms with Gasteiger partial charge in [0.05, 0.1) is 4.90 Å². The van der Waals surface area contributed by atoms with Gasteiger partial charge in [-0.25, -0.2) is 12.8 Å². The number of rotatable bonds is 5. The molecule has 2 aromatic rings. The van der Waals surface area contributed by atoms with Gasteiger partial charge in [-0.3, -0.25) is 4.79 Å². The lowest BCUT2D eigenvalue weighted by atomic mass is 9.97. The molecule has 0 fully saturated rings. The molecular weight excluding hydrogens is 367 g/mol. The van der Waals surface area contributed by atoms with E-state index in [0.717, 1.165) is 24.1 Å². The average Bonchev–Trinajstić information content (AvgIpc) is 2.65. The van der Waals surface area contributed by atoms with E-state index in [1.165, 1.54) is 17.7 Å². The summed E-state index contributed by atoms with van der Waals surface area (Å²) in [6, 6.07) is 11.6. The number of amides is 1. The van der Waals surface area contributed by atoms with E-state index in [2.05, 4.69) is 4.72 Å². The molecule has 0 unspecified atom stereocenters. The summed E-state index contributed by atoms with van der Waals surface area (Å²) in [6.07, 6.45) is 0.747. The molecule has 1 aliphatic rings. The summed E-state index contributed by atoms with van der Waals surface area (Å²) in [7, 11) is -3.93. The van der Waals surface area contributed by atoms with Crippen LogP contribution in [0.4, 0.5) is 4.39 Å². The van der Waals surface area contributed by atoms with Gasteiger partial charge in [0.1, 0.15) is 11.9 Å². The first kappa shape index (κ1) is 19.5. The summed E-state index contributed by atoms with van der Waals surface area (Å²) in [5, 5.41) is 0. The second kappa shape index (κ2) is 7.78. The van der Waals surface area contributed by atoms with Crippen LogP contribution in [-0.2, 0) is 27.8 Å². The molecule has 5 nitrogen and oxygen atoms in total. The number of sulfonamides is 1. The first-order chi connectivity index (χ1) is 12.8. The van der Waals surface area contributed by atoms with E-state index >= 15 is 0 Å². The van der Waals surface area contributed by atoms with Gasteiger partial charge < -0.3 is 4.90 Å². The van der Waals surface area contributed by atoms with Gasteiger partial charge in [-0.15, -0.1) is 0 Å². The number of carbonyl (C=O) groups is 1. The zero-order valence-corrected chi connectivity index (χ0v) is 16.2. The van der Waals surface area contributed by atoms with Gasteiger partial charge >= 0.3 is 0 Å². The highest BCUT2D eigenvalue weighted by Crippen LogP contribution is 2.21. The van der Waals surface area contributed by atoms with Gasteiger partial charge in [0.15, 0.2) is 0 Å². The van der Waals surface area contributed by atoms with Crippen LogP contribution in [0.15, 0.2) is 53.4 Å². The number of nitrogens with one attached hydrogen (secondary N) is 1. The maximum Gasteiger partial charge on any atom is 0.241 e. The molecule has 0 radical (unpaired) electrons. The molecule has 144 valence electrons. The first-order valence-electron chi connectivity index (χ1n) is 8.91. The van der Waals surface area contributed by atoms with Crippen molar-refractivity contribution in [1.29, 1.82) is 0 Å². The lowest BCUT2D eigenvalue weighted by molar-refractivity contribution is -0.135. The summed E-state index contributed by atoms with van der Waals surface area (Å²) in [5.41, 5.74) is 2.30. The van der Waals surface area contributed by atoms with Crippen molar-refractivity contribution in [1.82, 2.24) is 9.62 Å². The topological polar surface area (TPSA) is 66.5 Å². The summed E-state index contributed by atoms with van der Waals surface area (Å²) < 4.78 is 40.9. The predicted octanol–water partition coefficient (Wildman–Crippen LogP) is 2.71. The molecule has 0 saturated carbocycles. The Hall–Kier alpha value is -2.25. The minimum absolute atomic E-state index is 0.0636. The summed E-state index contributed by atoms with van der Waals surface area (Å²) in [4.78, 5) is 14.7. The highest BCUT2D eigenvalue weighted by atomic mass is 32.2. The second-order valence-corrected chi connectivity index (χ2v) is 8.79. The van der Waals surface area contributed by atoms with Gasteiger partial charge in [-0.2, -0.15) is 4.72 Å². The number of hydrogen-bond donors (Lipinski definition) is 1. The zero-order valence-electron chi connectivity index (χ0n) is 15.4. The number of fused-ring (bicyclic) bond motifs is 1. The molecule has 0 spiro atoms. The van der Waals surface area contributed by atoms with Crippen LogP contribution in [0, 0.1) is 11.7 Å². The Kier molecular flexibility index (Phi) is 5.62. The molecule has 0 aromatic heterocycles. The third-order valence-electron chi connectivity index (χ3n) is 4.78. The van der Waals surface area contributed by atoms with Gasteiger partial charge in [-0.1, -0.05) is 38.1 Å². The maximum absolute atomic E-state index is 13.1. The number of nitrogens with zero attached hydrogens (tertiary/aromatic N) is 1. The van der Waals surface area contributed by atoms with Gasteiger partial charge in [0.25, 0.3) is 0 Å². The Morgan fingerprint density at radius 2 is 1.70 bits per heavy atom. The Morgan fingerprint density at radius 3 is 2.33 bits per heavy atom. The van der Waals surface area contributed by atoms with Gasteiger partial charge in [-0.05, 0) is 47.7 Å². The molecule has 1 amide bonds. The maximum atomic E-state index is 13.1. The van der Waals surface area contributed by atoms with Crippen LogP contribution in [0.25, 0.3) is 0 Å². The van der Waals surface area contributed by atoms with E-state index in [-0.39, 0.29) is 16.7 Å². The lowest BCUT2D eigenvalue weighted by Crippen LogP contribution is -2.52. The molecule has 7 heteroatoms. The smallest absolute Gasteiger partial charge is 0.241 e. The first-order valence-corrected chi connectivity index (χ1v) is 10.4. The van der Waals surface area contributed by atoms with Crippen LogP contribution in [0.2, 0.25) is 0 Å². The highest BCUT2D eigenvalue weighted by Gasteiger charge is 2.33. The van der Waals surface area contributed by atoms with Gasteiger partial charge in [0.2, 0.25) is 15.9 Å². The van der Waals surface area contributed by atoms with Crippen molar-refractivity contribution in [3.05, 3.63) is 65.5 Å². The van der Waals surface area contributed by atoms with Crippen molar-refractivity contribution >= 4 is 15.9 Å². The third kappa shape index (κ3) is 4.36. The van der Waals surface area contributed by atoms with Crippen molar-refractivity contribution in [2.75, 3.05) is 6.54 Å². The molecule has 1 aliphatic heterocycles. The summed E-state index contributed by atoms with van der Waals surface area (Å²) >= 11 is 0. The average molecular weight is 390 g/mol. The van der Waals surface area contributed by atoms with Crippen LogP contribution in [0.3, 0.4) is 0 Å². The molecule has 0 saturated heterocycles. The SMILES string of the molecule is CC(C)[C@@H](NS(=O)(=O)c1ccc(F)cc1)C(=O)N1CCc2ccccc2C1. The van der Waals surface area contributed by atoms with Crippen molar-refractivity contribution in [2.45, 2.75) is 37.8 Å². The van der Waals surface area contributed by atoms with Crippen LogP contribution >= 0.6 is 0 Å². The van der Waals surface area contributed by atoms with Gasteiger partial charge in [0, 0.05) is 13.1 Å². The summed E-state index contributed by atoms with van der Waals surface area (Å²) in [6.45, 7) is 4.62. The minimum atomic E-state index is -3.93. The van der Waals surface area contributed by atoms with E-state index in [1.807, 2.05) is 24.3 Å². The predicted molar refractivity (Wildman–Crippen MR) is 101 cm³/mol. The van der Waals surface area contributed by atoms with E-state index in [1.54, 1.807) is 18.7 Å². The van der Waals surface area contributed by atoms with E-state index in [9.17, 15) is 17.6 Å². The molecule has 3 rings (SSSR count). The van der Waals surface area contributed by atoms with Crippen molar-refractivity contribution in [2.24, 2.45) is 5.92 Å². The molecule has 1 heterocycles. The van der Waals surface area contributed by atoms with Crippen LogP contribution < -0.4 is 4.72 Å². The monoisotopic (exact) mass is 390 g/mol. The molecule has 2 aromatic carbocycles. The van der Waals surface area contributed by atoms with Crippen LogP contribution in [0.5, 0.6) is 0 Å². The Labute approximate surface area is 159 Å². The Bertz CT molecular complexity index is 926. The third-order valence-corrected chi connectivity index (χ3v) is 6.24. The molecule has 1 atom stereocenters. The number of hydrogen-bond acceptors (Lipinski definition) is 3. The quantitative estimate of drug-likeness (QED) is 0.854. The van der Waals surface area contributed by atoms with E-state index in [0.29, 0.717) is 13.1 Å². The normalized spacial score (nSPS) is 15.5. The fraction of sp³-hybridized carbons (Fsp3) is 0.350. The fourth-order valence-corrected chi connectivity index (χ4v) is 4.54. The van der Waals surface area contributed by atoms with Crippen LogP contribution in [0.1, 0.15) is 25.0 Å². The molecule has 1 N–H and O–H groups in total. The fourth-order valence-electron chi connectivity index (χ4n) is 3.20. The second-order valence-electron chi connectivity index (χ2n) is 7.08. The molecule has 27 heavy (non-hydrogen) atoms. The Morgan fingerprint density at radius 1 is 1.07 bits per heavy atom. The summed E-state index contributed by atoms with van der Waals surface area (Å²) in [5.74, 6) is -0.993. The highest BCUT2D eigenvalue weighted by molar-refractivity contribution is 7.89. The van der Waals surface area contributed by atoms with E-state index in [4.69, 9.17) is 0 Å². The lowest BCUT2D eigenvalue weighted by Gasteiger charge is -2.33. The number of benzene rings is 2. The molecule has 0 bridgehead atoms. The zero-order chi connectivity index (χ0) is 19.6.